The first kappa shape index (κ1) is 15.7. The molecule has 2 aromatic carbocycles. The van der Waals surface area contributed by atoms with Gasteiger partial charge in [0.2, 0.25) is 11.8 Å². The number of hydrogen-bond donors (Lipinski definition) is 0. The molecule has 1 saturated heterocycles. The van der Waals surface area contributed by atoms with Crippen LogP contribution in [0.5, 0.6) is 5.75 Å². The second-order valence-electron chi connectivity index (χ2n) is 5.54. The second kappa shape index (κ2) is 6.54. The van der Waals surface area contributed by atoms with Crippen LogP contribution in [0.25, 0.3) is 0 Å². The zero-order valence-corrected chi connectivity index (χ0v) is 14.2. The van der Waals surface area contributed by atoms with Gasteiger partial charge in [-0.2, -0.15) is 0 Å². The van der Waals surface area contributed by atoms with Gasteiger partial charge in [-0.3, -0.25) is 14.5 Å². The molecule has 1 heterocycles. The van der Waals surface area contributed by atoms with E-state index in [1.807, 2.05) is 48.5 Å². The molecule has 1 unspecified atom stereocenters. The molecular weight excluding hydrogens is 358 g/mol. The maximum atomic E-state index is 12.2. The minimum atomic E-state index is -0.427. The van der Waals surface area contributed by atoms with E-state index in [0.717, 1.165) is 15.6 Å². The van der Waals surface area contributed by atoms with Crippen LogP contribution in [-0.2, 0) is 16.2 Å². The van der Waals surface area contributed by atoms with Crippen molar-refractivity contribution in [2.75, 3.05) is 7.05 Å². The third-order valence-electron chi connectivity index (χ3n) is 3.93. The van der Waals surface area contributed by atoms with Gasteiger partial charge in [0.1, 0.15) is 12.4 Å². The van der Waals surface area contributed by atoms with Crippen LogP contribution >= 0.6 is 15.9 Å². The van der Waals surface area contributed by atoms with Gasteiger partial charge in [-0.1, -0.05) is 46.3 Å². The van der Waals surface area contributed by atoms with Gasteiger partial charge in [-0.05, 0) is 29.3 Å². The van der Waals surface area contributed by atoms with Gasteiger partial charge >= 0.3 is 0 Å². The molecule has 5 heteroatoms. The van der Waals surface area contributed by atoms with E-state index in [0.29, 0.717) is 12.4 Å². The normalized spacial score (nSPS) is 17.7. The number of nitrogens with zero attached hydrogens (tertiary/aromatic N) is 1. The Kier molecular flexibility index (Phi) is 4.48. The zero-order chi connectivity index (χ0) is 16.4. The van der Waals surface area contributed by atoms with Crippen LogP contribution in [0.1, 0.15) is 23.5 Å². The lowest BCUT2D eigenvalue weighted by Gasteiger charge is -2.13. The summed E-state index contributed by atoms with van der Waals surface area (Å²) >= 11 is 3.45. The molecule has 1 aliphatic rings. The summed E-state index contributed by atoms with van der Waals surface area (Å²) in [6.45, 7) is 0.453. The monoisotopic (exact) mass is 373 g/mol. The lowest BCUT2D eigenvalue weighted by atomic mass is 9.97. The molecule has 1 fully saturated rings. The number of benzene rings is 2. The molecular formula is C18H16BrNO3. The van der Waals surface area contributed by atoms with Gasteiger partial charge in [0, 0.05) is 17.9 Å². The molecule has 2 amide bonds. The molecule has 1 atom stereocenters. The standard InChI is InChI=1S/C18H16BrNO3/c1-20-17(21)10-16(18(20)22)13-7-14(19)9-15(8-13)23-11-12-5-3-2-4-6-12/h2-9,16H,10-11H2,1H3. The van der Waals surface area contributed by atoms with Gasteiger partial charge in [0.05, 0.1) is 5.92 Å². The van der Waals surface area contributed by atoms with E-state index >= 15 is 0 Å². The van der Waals surface area contributed by atoms with Gasteiger partial charge < -0.3 is 4.74 Å². The smallest absolute Gasteiger partial charge is 0.236 e. The number of carbonyl (C=O) groups is 2. The Morgan fingerprint density at radius 1 is 1.17 bits per heavy atom. The number of rotatable bonds is 4. The van der Waals surface area contributed by atoms with Crippen molar-refractivity contribution in [3.05, 3.63) is 64.1 Å². The molecule has 0 saturated carbocycles. The van der Waals surface area contributed by atoms with Crippen LogP contribution in [0.4, 0.5) is 0 Å². The number of likely N-dealkylation sites (tertiary alicyclic amines) is 1. The molecule has 3 rings (SSSR count). The Morgan fingerprint density at radius 2 is 1.91 bits per heavy atom. The minimum absolute atomic E-state index is 0.147. The van der Waals surface area contributed by atoms with Crippen LogP contribution < -0.4 is 4.74 Å². The fraction of sp³-hybridized carbons (Fsp3) is 0.222. The van der Waals surface area contributed by atoms with Crippen molar-refractivity contribution in [2.24, 2.45) is 0 Å². The van der Waals surface area contributed by atoms with Gasteiger partial charge in [0.25, 0.3) is 0 Å². The van der Waals surface area contributed by atoms with Gasteiger partial charge in [-0.15, -0.1) is 0 Å². The Hall–Kier alpha value is -2.14. The van der Waals surface area contributed by atoms with Crippen molar-refractivity contribution in [3.63, 3.8) is 0 Å². The SMILES string of the molecule is CN1C(=O)CC(c2cc(Br)cc(OCc3ccccc3)c2)C1=O. The number of amides is 2. The third-order valence-corrected chi connectivity index (χ3v) is 4.38. The quantitative estimate of drug-likeness (QED) is 0.770. The van der Waals surface area contributed by atoms with Crippen molar-refractivity contribution in [1.82, 2.24) is 4.90 Å². The van der Waals surface area contributed by atoms with E-state index in [1.165, 1.54) is 11.9 Å². The van der Waals surface area contributed by atoms with Crippen LogP contribution in [-0.4, -0.2) is 23.8 Å². The lowest BCUT2D eigenvalue weighted by Crippen LogP contribution is -2.25. The average Bonchev–Trinajstić information content (AvgIpc) is 2.81. The Balaban J connectivity index is 1.80. The summed E-state index contributed by atoms with van der Waals surface area (Å²) < 4.78 is 6.65. The summed E-state index contributed by atoms with van der Waals surface area (Å²) in [5, 5.41) is 0. The van der Waals surface area contributed by atoms with Crippen molar-refractivity contribution in [3.8, 4) is 5.75 Å². The summed E-state index contributed by atoms with van der Waals surface area (Å²) in [5.74, 6) is -0.0639. The largest absolute Gasteiger partial charge is 0.489 e. The number of imide groups is 1. The van der Waals surface area contributed by atoms with E-state index in [2.05, 4.69) is 15.9 Å². The molecule has 0 aromatic heterocycles. The zero-order valence-electron chi connectivity index (χ0n) is 12.7. The summed E-state index contributed by atoms with van der Waals surface area (Å²) in [5.41, 5.74) is 1.87. The van der Waals surface area contributed by atoms with E-state index < -0.39 is 5.92 Å². The van der Waals surface area contributed by atoms with E-state index in [-0.39, 0.29) is 18.2 Å². The third kappa shape index (κ3) is 3.45. The highest BCUT2D eigenvalue weighted by Gasteiger charge is 2.37. The molecule has 0 N–H and O–H groups in total. The second-order valence-corrected chi connectivity index (χ2v) is 6.46. The van der Waals surface area contributed by atoms with E-state index in [9.17, 15) is 9.59 Å². The van der Waals surface area contributed by atoms with Crippen molar-refractivity contribution >= 4 is 27.7 Å². The van der Waals surface area contributed by atoms with Crippen LogP contribution in [0.2, 0.25) is 0 Å². The minimum Gasteiger partial charge on any atom is -0.489 e. The fourth-order valence-corrected chi connectivity index (χ4v) is 3.12. The number of halogens is 1. The number of carbonyl (C=O) groups excluding carboxylic acids is 2. The molecule has 1 aliphatic heterocycles. The molecule has 0 bridgehead atoms. The Morgan fingerprint density at radius 3 is 2.57 bits per heavy atom. The first-order valence-electron chi connectivity index (χ1n) is 7.32. The molecule has 23 heavy (non-hydrogen) atoms. The Labute approximate surface area is 143 Å². The summed E-state index contributed by atoms with van der Waals surface area (Å²) in [7, 11) is 1.52. The lowest BCUT2D eigenvalue weighted by molar-refractivity contribution is -0.137. The van der Waals surface area contributed by atoms with Crippen LogP contribution in [0, 0.1) is 0 Å². The average molecular weight is 374 g/mol. The number of ether oxygens (including phenoxy) is 1. The summed E-state index contributed by atoms with van der Waals surface area (Å²) in [6.07, 6.45) is 0.212. The molecule has 2 aromatic rings. The van der Waals surface area contributed by atoms with Crippen LogP contribution in [0.3, 0.4) is 0 Å². The Bertz CT molecular complexity index is 745. The summed E-state index contributed by atoms with van der Waals surface area (Å²) in [6, 6.07) is 15.4. The van der Waals surface area contributed by atoms with Gasteiger partial charge in [-0.25, -0.2) is 0 Å². The van der Waals surface area contributed by atoms with E-state index in [4.69, 9.17) is 4.74 Å². The molecule has 0 radical (unpaired) electrons. The summed E-state index contributed by atoms with van der Waals surface area (Å²) in [4.78, 5) is 25.1. The maximum Gasteiger partial charge on any atom is 0.236 e. The van der Waals surface area contributed by atoms with E-state index in [1.54, 1.807) is 0 Å². The van der Waals surface area contributed by atoms with Crippen molar-refractivity contribution in [1.29, 1.82) is 0 Å². The molecule has 0 aliphatic carbocycles. The highest BCUT2D eigenvalue weighted by Crippen LogP contribution is 2.33. The molecule has 4 nitrogen and oxygen atoms in total. The van der Waals surface area contributed by atoms with Crippen molar-refractivity contribution in [2.45, 2.75) is 18.9 Å². The number of hydrogen-bond acceptors (Lipinski definition) is 3. The predicted octanol–water partition coefficient (Wildman–Crippen LogP) is 3.50. The fourth-order valence-electron chi connectivity index (χ4n) is 2.63. The molecule has 0 spiro atoms. The van der Waals surface area contributed by atoms with Crippen molar-refractivity contribution < 1.29 is 14.3 Å². The topological polar surface area (TPSA) is 46.6 Å². The maximum absolute atomic E-state index is 12.2. The van der Waals surface area contributed by atoms with Gasteiger partial charge in [0.15, 0.2) is 0 Å². The highest BCUT2D eigenvalue weighted by molar-refractivity contribution is 9.10. The number of likely N-dealkylation sites (N-methyl/N-ethyl adjacent to an activating group) is 1. The molecule has 118 valence electrons. The highest BCUT2D eigenvalue weighted by atomic mass is 79.9. The predicted molar refractivity (Wildman–Crippen MR) is 90.1 cm³/mol. The van der Waals surface area contributed by atoms with Crippen LogP contribution in [0.15, 0.2) is 53.0 Å². The first-order valence-corrected chi connectivity index (χ1v) is 8.11. The first-order chi connectivity index (χ1) is 11.0.